The third-order valence-corrected chi connectivity index (χ3v) is 1.37. The van der Waals surface area contributed by atoms with Crippen molar-refractivity contribution in [2.75, 3.05) is 0 Å². The summed E-state index contributed by atoms with van der Waals surface area (Å²) in [7, 11) is -0.750. The third-order valence-electron chi connectivity index (χ3n) is 1.37. The zero-order chi connectivity index (χ0) is 10.2. The average molecular weight is 192 g/mol. The van der Waals surface area contributed by atoms with Gasteiger partial charge in [0, 0.05) is 0 Å². The van der Waals surface area contributed by atoms with Crippen LogP contribution in [0.5, 0.6) is 0 Å². The van der Waals surface area contributed by atoms with Crippen LogP contribution < -0.4 is 0 Å². The first-order valence-electron chi connectivity index (χ1n) is 3.88. The van der Waals surface area contributed by atoms with Gasteiger partial charge >= 0.3 is 7.69 Å². The van der Waals surface area contributed by atoms with Gasteiger partial charge in [-0.15, -0.1) is 5.10 Å². The molecule has 7 heteroatoms. The Morgan fingerprint density at radius 2 is 1.79 bits per heavy atom. The van der Waals surface area contributed by atoms with Gasteiger partial charge in [0.05, 0.1) is 5.69 Å². The lowest BCUT2D eigenvalue weighted by atomic mass is 10.3. The Labute approximate surface area is 81.1 Å². The number of benzene rings is 1. The van der Waals surface area contributed by atoms with Crippen molar-refractivity contribution in [1.29, 1.82) is 0 Å². The van der Waals surface area contributed by atoms with Crippen molar-refractivity contribution in [3.8, 4) is 5.69 Å². The molecule has 0 saturated heterocycles. The van der Waals surface area contributed by atoms with E-state index in [4.69, 9.17) is 10.0 Å². The molecule has 0 radical (unpaired) electrons. The topological polar surface area (TPSA) is 84.1 Å². The molecule has 0 spiro atoms. The molecular weight excluding hydrogens is 183 g/mol. The molecule has 0 unspecified atom stereocenters. The maximum atomic E-state index is 7.12. The van der Waals surface area contributed by atoms with Gasteiger partial charge in [-0.25, -0.2) is 4.68 Å². The molecule has 0 saturated carbocycles. The van der Waals surface area contributed by atoms with E-state index >= 15 is 0 Å². The first-order valence-corrected chi connectivity index (χ1v) is 3.88. The second-order valence-electron chi connectivity index (χ2n) is 2.23. The highest BCUT2D eigenvalue weighted by Crippen LogP contribution is 2.01. The van der Waals surface area contributed by atoms with Crippen LogP contribution in [-0.2, 0) is 0 Å². The van der Waals surface area contributed by atoms with Gasteiger partial charge in [0.1, 0.15) is 6.33 Å². The highest BCUT2D eigenvalue weighted by atomic mass is 16.4. The number of tetrazole rings is 1. The Morgan fingerprint density at radius 3 is 2.29 bits per heavy atom. The third kappa shape index (κ3) is 2.96. The Balaban J connectivity index is 0.000000293. The van der Waals surface area contributed by atoms with Gasteiger partial charge in [-0.05, 0) is 22.6 Å². The molecule has 2 aromatic rings. The van der Waals surface area contributed by atoms with Crippen LogP contribution in [0.1, 0.15) is 0 Å². The number of para-hydroxylation sites is 1. The van der Waals surface area contributed by atoms with Crippen molar-refractivity contribution in [2.24, 2.45) is 0 Å². The molecule has 1 aromatic heterocycles. The first-order chi connectivity index (χ1) is 6.88. The first kappa shape index (κ1) is 10.4. The SMILES string of the molecule is OBO.c1ccc(-n2cnnn2)cc1. The van der Waals surface area contributed by atoms with Gasteiger partial charge in [0.25, 0.3) is 0 Å². The number of aromatic nitrogens is 4. The van der Waals surface area contributed by atoms with Crippen LogP contribution >= 0.6 is 0 Å². The minimum Gasteiger partial charge on any atom is -0.430 e. The summed E-state index contributed by atoms with van der Waals surface area (Å²) >= 11 is 0. The summed E-state index contributed by atoms with van der Waals surface area (Å²) in [6.07, 6.45) is 1.56. The molecule has 6 nitrogen and oxygen atoms in total. The highest BCUT2D eigenvalue weighted by molar-refractivity contribution is 6.13. The molecule has 0 aliphatic rings. The van der Waals surface area contributed by atoms with Crippen LogP contribution in [0.4, 0.5) is 0 Å². The standard InChI is InChI=1S/C7H6N4.BH3O2/c1-2-4-7(5-3-1)11-6-8-9-10-11;2-1-3/h1-6H;1-3H. The quantitative estimate of drug-likeness (QED) is 0.560. The van der Waals surface area contributed by atoms with Crippen LogP contribution in [0.3, 0.4) is 0 Å². The monoisotopic (exact) mass is 192 g/mol. The van der Waals surface area contributed by atoms with Crippen molar-refractivity contribution < 1.29 is 10.0 Å². The van der Waals surface area contributed by atoms with Crippen LogP contribution in [0.15, 0.2) is 36.7 Å². The molecule has 2 rings (SSSR count). The van der Waals surface area contributed by atoms with Crippen molar-refractivity contribution >= 4 is 7.69 Å². The maximum Gasteiger partial charge on any atom is 0.432 e. The summed E-state index contributed by atoms with van der Waals surface area (Å²) in [5.74, 6) is 0. The second-order valence-corrected chi connectivity index (χ2v) is 2.23. The number of nitrogens with zero attached hydrogens (tertiary/aromatic N) is 4. The summed E-state index contributed by atoms with van der Waals surface area (Å²) in [5, 5.41) is 25.1. The predicted molar refractivity (Wildman–Crippen MR) is 50.7 cm³/mol. The fraction of sp³-hybridized carbons (Fsp3) is 0. The zero-order valence-electron chi connectivity index (χ0n) is 7.35. The smallest absolute Gasteiger partial charge is 0.430 e. The summed E-state index contributed by atoms with van der Waals surface area (Å²) in [6.45, 7) is 0. The van der Waals surface area contributed by atoms with E-state index in [1.165, 1.54) is 0 Å². The molecule has 0 amide bonds. The predicted octanol–water partition coefficient (Wildman–Crippen LogP) is -1.10. The second kappa shape index (κ2) is 5.84. The maximum absolute atomic E-state index is 7.12. The Hall–Kier alpha value is -1.73. The van der Waals surface area contributed by atoms with Crippen molar-refractivity contribution in [2.45, 2.75) is 0 Å². The molecule has 72 valence electrons. The molecule has 0 aliphatic carbocycles. The largest absolute Gasteiger partial charge is 0.432 e. The van der Waals surface area contributed by atoms with E-state index < -0.39 is 7.69 Å². The lowest BCUT2D eigenvalue weighted by Gasteiger charge is -1.94. The molecule has 1 aromatic carbocycles. The Kier molecular flexibility index (Phi) is 4.32. The van der Waals surface area contributed by atoms with Crippen molar-refractivity contribution in [3.63, 3.8) is 0 Å². The Bertz CT molecular complexity index is 340. The molecular formula is C7H9BN4O2. The van der Waals surface area contributed by atoms with Gasteiger partial charge < -0.3 is 10.0 Å². The van der Waals surface area contributed by atoms with Gasteiger partial charge in [-0.2, -0.15) is 0 Å². The number of hydrogen-bond donors (Lipinski definition) is 2. The Morgan fingerprint density at radius 1 is 1.14 bits per heavy atom. The van der Waals surface area contributed by atoms with E-state index in [2.05, 4.69) is 15.5 Å². The minimum atomic E-state index is -0.750. The fourth-order valence-corrected chi connectivity index (χ4v) is 0.860. The van der Waals surface area contributed by atoms with Crippen LogP contribution in [0.2, 0.25) is 0 Å². The van der Waals surface area contributed by atoms with E-state index in [0.717, 1.165) is 5.69 Å². The molecule has 0 fully saturated rings. The van der Waals surface area contributed by atoms with Gasteiger partial charge in [-0.3, -0.25) is 0 Å². The molecule has 2 N–H and O–H groups in total. The van der Waals surface area contributed by atoms with Crippen LogP contribution in [-0.4, -0.2) is 37.9 Å². The van der Waals surface area contributed by atoms with Crippen molar-refractivity contribution in [3.05, 3.63) is 36.7 Å². The summed E-state index contributed by atoms with van der Waals surface area (Å²) in [5.41, 5.74) is 0.970. The lowest BCUT2D eigenvalue weighted by molar-refractivity contribution is 0.448. The molecule has 0 aliphatic heterocycles. The fourth-order valence-electron chi connectivity index (χ4n) is 0.860. The van der Waals surface area contributed by atoms with Gasteiger partial charge in [-0.1, -0.05) is 18.2 Å². The van der Waals surface area contributed by atoms with Gasteiger partial charge in [0.15, 0.2) is 0 Å². The molecule has 0 atom stereocenters. The molecule has 14 heavy (non-hydrogen) atoms. The number of hydrogen-bond acceptors (Lipinski definition) is 5. The average Bonchev–Trinajstić information content (AvgIpc) is 2.73. The normalized spacial score (nSPS) is 8.71. The van der Waals surface area contributed by atoms with Gasteiger partial charge in [0.2, 0.25) is 0 Å². The van der Waals surface area contributed by atoms with Crippen LogP contribution in [0.25, 0.3) is 5.69 Å². The lowest BCUT2D eigenvalue weighted by Crippen LogP contribution is -1.93. The molecule has 0 bridgehead atoms. The summed E-state index contributed by atoms with van der Waals surface area (Å²) in [4.78, 5) is 0. The van der Waals surface area contributed by atoms with E-state index in [9.17, 15) is 0 Å². The minimum absolute atomic E-state index is 0.750. The molecule has 1 heterocycles. The van der Waals surface area contributed by atoms with E-state index in [0.29, 0.717) is 0 Å². The van der Waals surface area contributed by atoms with E-state index in [-0.39, 0.29) is 0 Å². The zero-order valence-corrected chi connectivity index (χ0v) is 7.35. The van der Waals surface area contributed by atoms with E-state index in [1.807, 2.05) is 30.3 Å². The van der Waals surface area contributed by atoms with E-state index in [1.54, 1.807) is 11.0 Å². The summed E-state index contributed by atoms with van der Waals surface area (Å²) in [6, 6.07) is 9.72. The number of rotatable bonds is 1. The van der Waals surface area contributed by atoms with Crippen LogP contribution in [0, 0.1) is 0 Å². The highest BCUT2D eigenvalue weighted by Gasteiger charge is 1.92. The van der Waals surface area contributed by atoms with Crippen molar-refractivity contribution in [1.82, 2.24) is 20.2 Å². The summed E-state index contributed by atoms with van der Waals surface area (Å²) < 4.78 is 1.61.